The lowest BCUT2D eigenvalue weighted by molar-refractivity contribution is -0.140. The molecule has 1 aliphatic rings. The number of carbonyl (C=O) groups excluding carboxylic acids is 3. The van der Waals surface area contributed by atoms with Crippen molar-refractivity contribution >= 4 is 51.4 Å². The quantitative estimate of drug-likeness (QED) is 0.131. The van der Waals surface area contributed by atoms with E-state index in [4.69, 9.17) is 9.47 Å². The van der Waals surface area contributed by atoms with Gasteiger partial charge in [-0.1, -0.05) is 102 Å². The molecule has 0 saturated carbocycles. The van der Waals surface area contributed by atoms with Gasteiger partial charge in [0, 0.05) is 18.4 Å². The summed E-state index contributed by atoms with van der Waals surface area (Å²) in [5, 5.41) is 2.30. The third kappa shape index (κ3) is 12.2. The summed E-state index contributed by atoms with van der Waals surface area (Å²) in [6.45, 7) is 13.1. The number of esters is 1. The molecule has 0 saturated heterocycles. The number of alkyl carbamates (subject to hydrolysis) is 1. The molecule has 0 aromatic heterocycles. The Kier molecular flexibility index (Phi) is 16.9. The maximum Gasteiger partial charge on any atom is 0.415 e. The van der Waals surface area contributed by atoms with E-state index in [0.29, 0.717) is 29.5 Å². The predicted octanol–water partition coefficient (Wildman–Crippen LogP) is 7.47. The molecule has 1 N–H and O–H groups in total. The molecule has 9 heteroatoms. The largest absolute Gasteiger partial charge is 0.465 e. The van der Waals surface area contributed by atoms with Gasteiger partial charge in [0.25, 0.3) is 0 Å². The number of ether oxygens (including phenoxy) is 2. The molecule has 0 bridgehead atoms. The van der Waals surface area contributed by atoms with Crippen LogP contribution in [0, 0.1) is 0 Å². The first-order valence-corrected chi connectivity index (χ1v) is 14.6. The van der Waals surface area contributed by atoms with Crippen LogP contribution >= 0.6 is 21.6 Å². The van der Waals surface area contributed by atoms with Gasteiger partial charge in [-0.25, -0.2) is 14.9 Å². The van der Waals surface area contributed by atoms with Crippen LogP contribution in [0.25, 0.3) is 6.08 Å². The van der Waals surface area contributed by atoms with E-state index in [9.17, 15) is 14.4 Å². The molecule has 38 heavy (non-hydrogen) atoms. The molecule has 1 aromatic carbocycles. The van der Waals surface area contributed by atoms with Gasteiger partial charge in [0.1, 0.15) is 13.2 Å². The molecule has 204 valence electrons. The van der Waals surface area contributed by atoms with E-state index in [1.807, 2.05) is 55.5 Å². The van der Waals surface area contributed by atoms with E-state index in [2.05, 4.69) is 31.5 Å². The number of allylic oxidation sites excluding steroid dienone is 8. The van der Waals surface area contributed by atoms with E-state index < -0.39 is 12.1 Å². The van der Waals surface area contributed by atoms with Crippen LogP contribution in [-0.4, -0.2) is 42.8 Å². The zero-order chi connectivity index (χ0) is 28.2. The van der Waals surface area contributed by atoms with Gasteiger partial charge in [-0.2, -0.15) is 0 Å². The summed E-state index contributed by atoms with van der Waals surface area (Å²) in [4.78, 5) is 37.4. The minimum atomic E-state index is -0.824. The Labute approximate surface area is 233 Å². The van der Waals surface area contributed by atoms with Gasteiger partial charge in [0.05, 0.1) is 11.4 Å². The Morgan fingerprint density at radius 3 is 2.32 bits per heavy atom. The van der Waals surface area contributed by atoms with E-state index in [1.165, 1.54) is 33.4 Å². The lowest BCUT2D eigenvalue weighted by Gasteiger charge is -2.25. The number of benzene rings is 1. The number of imide groups is 1. The van der Waals surface area contributed by atoms with E-state index in [-0.39, 0.29) is 12.6 Å². The van der Waals surface area contributed by atoms with Crippen LogP contribution in [0.3, 0.4) is 0 Å². The third-order valence-corrected chi connectivity index (χ3v) is 6.91. The highest BCUT2D eigenvalue weighted by molar-refractivity contribution is 8.76. The minimum absolute atomic E-state index is 0.137. The van der Waals surface area contributed by atoms with Crippen molar-refractivity contribution < 1.29 is 23.9 Å². The van der Waals surface area contributed by atoms with Crippen LogP contribution in [0.4, 0.5) is 15.3 Å². The first-order valence-electron chi connectivity index (χ1n) is 12.1. The van der Waals surface area contributed by atoms with Gasteiger partial charge in [-0.3, -0.25) is 9.69 Å². The molecule has 1 aromatic rings. The first kappa shape index (κ1) is 32.6. The number of para-hydroxylation sites is 1. The maximum atomic E-state index is 13.1. The Bertz CT molecular complexity index is 1080. The molecule has 3 amide bonds. The van der Waals surface area contributed by atoms with Crippen LogP contribution in [0.2, 0.25) is 0 Å². The number of anilines is 1. The highest BCUT2D eigenvalue weighted by atomic mass is 33.1. The van der Waals surface area contributed by atoms with Crippen LogP contribution in [-0.2, 0) is 14.3 Å². The average molecular weight is 557 g/mol. The summed E-state index contributed by atoms with van der Waals surface area (Å²) < 4.78 is 9.96. The number of nitrogens with one attached hydrogen (secondary N) is 1. The van der Waals surface area contributed by atoms with E-state index in [0.717, 1.165) is 17.6 Å². The second-order valence-corrected chi connectivity index (χ2v) is 10.1. The van der Waals surface area contributed by atoms with Crippen molar-refractivity contribution in [2.24, 2.45) is 0 Å². The van der Waals surface area contributed by atoms with Gasteiger partial charge in [-0.15, -0.1) is 0 Å². The van der Waals surface area contributed by atoms with E-state index in [1.54, 1.807) is 18.2 Å². The molecule has 0 atom stereocenters. The van der Waals surface area contributed by atoms with Crippen LogP contribution in [0.5, 0.6) is 0 Å². The fourth-order valence-corrected chi connectivity index (χ4v) is 4.65. The summed E-state index contributed by atoms with van der Waals surface area (Å²) >= 11 is 0. The molecule has 1 aliphatic heterocycles. The van der Waals surface area contributed by atoms with Crippen LogP contribution in [0.15, 0.2) is 91.2 Å². The minimum Gasteiger partial charge on any atom is -0.465 e. The van der Waals surface area contributed by atoms with Gasteiger partial charge >= 0.3 is 18.1 Å². The van der Waals surface area contributed by atoms with Crippen LogP contribution < -0.4 is 10.2 Å². The zero-order valence-electron chi connectivity index (χ0n) is 22.2. The lowest BCUT2D eigenvalue weighted by atomic mass is 10.1. The fourth-order valence-electron chi connectivity index (χ4n) is 2.99. The number of urea groups is 1. The summed E-state index contributed by atoms with van der Waals surface area (Å²) in [6, 6.07) is 6.78. The Hall–Kier alpha value is -3.43. The molecular weight excluding hydrogens is 520 g/mol. The number of hydrogen-bond acceptors (Lipinski definition) is 7. The SMILES string of the molecule is C=C/C=C\CC.C=CC1=C(/C=C\C)N(C(=O)NC(=O)OCCSSCCOC(C)=O)c2ccccc2C=C1. The summed E-state index contributed by atoms with van der Waals surface area (Å²) in [6.07, 6.45) is 15.1. The third-order valence-electron chi connectivity index (χ3n) is 4.58. The predicted molar refractivity (Wildman–Crippen MR) is 161 cm³/mol. The number of hydrogen-bond donors (Lipinski definition) is 1. The molecule has 0 radical (unpaired) electrons. The lowest BCUT2D eigenvalue weighted by Crippen LogP contribution is -2.43. The molecule has 0 aliphatic carbocycles. The topological polar surface area (TPSA) is 84.9 Å². The first-order chi connectivity index (χ1) is 18.4. The van der Waals surface area contributed by atoms with Crippen molar-refractivity contribution in [3.8, 4) is 0 Å². The highest BCUT2D eigenvalue weighted by Gasteiger charge is 2.26. The van der Waals surface area contributed by atoms with Gasteiger partial charge in [-0.05, 0) is 36.6 Å². The number of nitrogens with zero attached hydrogens (tertiary/aromatic N) is 1. The van der Waals surface area contributed by atoms with Gasteiger partial charge in [0.15, 0.2) is 0 Å². The molecule has 0 fully saturated rings. The second-order valence-electron chi connectivity index (χ2n) is 7.39. The smallest absolute Gasteiger partial charge is 0.415 e. The Balaban J connectivity index is 0.00000107. The van der Waals surface area contributed by atoms with Crippen molar-refractivity contribution in [3.05, 3.63) is 96.8 Å². The van der Waals surface area contributed by atoms with Crippen molar-refractivity contribution in [3.63, 3.8) is 0 Å². The number of carbonyl (C=O) groups is 3. The van der Waals surface area contributed by atoms with Crippen molar-refractivity contribution in [2.75, 3.05) is 29.6 Å². The van der Waals surface area contributed by atoms with Crippen LogP contribution in [0.1, 0.15) is 32.8 Å². The average Bonchev–Trinajstić information content (AvgIpc) is 3.06. The number of rotatable bonds is 11. The molecule has 7 nitrogen and oxygen atoms in total. The molecule has 1 heterocycles. The Morgan fingerprint density at radius 2 is 1.74 bits per heavy atom. The summed E-state index contributed by atoms with van der Waals surface area (Å²) in [5.41, 5.74) is 2.80. The van der Waals surface area contributed by atoms with Crippen molar-refractivity contribution in [1.29, 1.82) is 0 Å². The summed E-state index contributed by atoms with van der Waals surface area (Å²) in [5.74, 6) is 0.867. The second kappa shape index (κ2) is 19.7. The molecule has 2 rings (SSSR count). The van der Waals surface area contributed by atoms with E-state index >= 15 is 0 Å². The molecule has 0 spiro atoms. The fraction of sp³-hybridized carbons (Fsp3) is 0.276. The maximum absolute atomic E-state index is 13.1. The summed E-state index contributed by atoms with van der Waals surface area (Å²) in [7, 11) is 3.00. The highest BCUT2D eigenvalue weighted by Crippen LogP contribution is 2.31. The molecule has 0 unspecified atom stereocenters. The van der Waals surface area contributed by atoms with Gasteiger partial charge in [0.2, 0.25) is 0 Å². The molecular formula is C29H36N2O5S2. The monoisotopic (exact) mass is 556 g/mol. The van der Waals surface area contributed by atoms with Crippen molar-refractivity contribution in [1.82, 2.24) is 5.32 Å². The Morgan fingerprint density at radius 1 is 1.05 bits per heavy atom. The number of amides is 3. The number of fused-ring (bicyclic) bond motifs is 1. The van der Waals surface area contributed by atoms with Gasteiger partial charge < -0.3 is 9.47 Å². The van der Waals surface area contributed by atoms with Crippen molar-refractivity contribution in [2.45, 2.75) is 27.2 Å². The zero-order valence-corrected chi connectivity index (χ0v) is 23.8. The standard InChI is InChI=1S/C23H26N2O5S2.C6H10/c1-4-8-20-18(5-2)11-12-19-9-6-7-10-21(19)25(20)22(27)24-23(28)30-14-16-32-31-15-13-29-17(3)26;1-3-5-6-4-2/h4-12H,2,13-16H2,1,3H3,(H,24,27,28);3,5-6H,1,4H2,2H3/b8-4-;6-5-. The normalized spacial score (nSPS) is 12.3.